The van der Waals surface area contributed by atoms with Gasteiger partial charge in [0.1, 0.15) is 4.90 Å². The first-order valence-electron chi connectivity index (χ1n) is 8.02. The highest BCUT2D eigenvalue weighted by Gasteiger charge is 2.34. The number of benzene rings is 1. The van der Waals surface area contributed by atoms with Crippen LogP contribution >= 0.6 is 23.2 Å². The Morgan fingerprint density at radius 3 is 2.33 bits per heavy atom. The average molecular weight is 393 g/mol. The maximum atomic E-state index is 12.8. The van der Waals surface area contributed by atoms with Gasteiger partial charge in [-0.25, -0.2) is 8.42 Å². The van der Waals surface area contributed by atoms with Gasteiger partial charge in [0.05, 0.1) is 10.0 Å². The van der Waals surface area contributed by atoms with E-state index >= 15 is 0 Å². The smallest absolute Gasteiger partial charge is 0.246 e. The Labute approximate surface area is 153 Å². The summed E-state index contributed by atoms with van der Waals surface area (Å²) in [6, 6.07) is 4.75. The summed E-state index contributed by atoms with van der Waals surface area (Å²) in [5.41, 5.74) is 0. The van der Waals surface area contributed by atoms with Crippen molar-refractivity contribution in [1.29, 1.82) is 0 Å². The van der Waals surface area contributed by atoms with Gasteiger partial charge >= 0.3 is 0 Å². The van der Waals surface area contributed by atoms with E-state index in [9.17, 15) is 13.2 Å². The van der Waals surface area contributed by atoms with Crippen molar-refractivity contribution in [2.24, 2.45) is 5.92 Å². The van der Waals surface area contributed by atoms with Gasteiger partial charge in [-0.1, -0.05) is 36.2 Å². The van der Waals surface area contributed by atoms with Crippen LogP contribution in [0, 0.1) is 5.92 Å². The monoisotopic (exact) mass is 392 g/mol. The molecule has 0 unspecified atom stereocenters. The van der Waals surface area contributed by atoms with Crippen LogP contribution in [-0.2, 0) is 14.8 Å². The molecule has 8 heteroatoms. The second kappa shape index (κ2) is 8.04. The van der Waals surface area contributed by atoms with Crippen molar-refractivity contribution >= 4 is 39.1 Å². The predicted octanol–water partition coefficient (Wildman–Crippen LogP) is 3.31. The molecule has 1 heterocycles. The fourth-order valence-electron chi connectivity index (χ4n) is 2.68. The van der Waals surface area contributed by atoms with Crippen LogP contribution < -0.4 is 5.32 Å². The van der Waals surface area contributed by atoms with Crippen molar-refractivity contribution < 1.29 is 13.2 Å². The molecule has 1 aromatic carbocycles. The number of nitrogens with one attached hydrogen (secondary N) is 1. The molecule has 1 fully saturated rings. The molecule has 0 radical (unpaired) electrons. The summed E-state index contributed by atoms with van der Waals surface area (Å²) >= 11 is 12.1. The van der Waals surface area contributed by atoms with Gasteiger partial charge in [0.2, 0.25) is 15.9 Å². The normalized spacial score (nSPS) is 18.3. The van der Waals surface area contributed by atoms with Crippen molar-refractivity contribution in [2.75, 3.05) is 13.1 Å². The van der Waals surface area contributed by atoms with Crippen LogP contribution in [0.4, 0.5) is 0 Å². The van der Waals surface area contributed by atoms with Crippen LogP contribution in [0.2, 0.25) is 10.0 Å². The summed E-state index contributed by atoms with van der Waals surface area (Å²) < 4.78 is 26.9. The largest absolute Gasteiger partial charge is 0.353 e. The first kappa shape index (κ1) is 19.5. The van der Waals surface area contributed by atoms with Crippen LogP contribution in [0.3, 0.4) is 0 Å². The Balaban J connectivity index is 2.08. The van der Waals surface area contributed by atoms with Crippen LogP contribution in [0.15, 0.2) is 23.1 Å². The van der Waals surface area contributed by atoms with Gasteiger partial charge in [0.15, 0.2) is 0 Å². The molecule has 0 spiro atoms. The fraction of sp³-hybridized carbons (Fsp3) is 0.562. The van der Waals surface area contributed by atoms with E-state index in [1.54, 1.807) is 6.07 Å². The number of sulfonamides is 1. The molecule has 1 saturated heterocycles. The molecule has 0 saturated carbocycles. The van der Waals surface area contributed by atoms with Gasteiger partial charge in [-0.2, -0.15) is 4.31 Å². The summed E-state index contributed by atoms with van der Waals surface area (Å²) in [5, 5.41) is 3.17. The molecule has 1 aromatic rings. The molecule has 134 valence electrons. The number of rotatable bonds is 5. The molecule has 0 aliphatic carbocycles. The van der Waals surface area contributed by atoms with Crippen molar-refractivity contribution in [3.8, 4) is 0 Å². The molecule has 0 aromatic heterocycles. The van der Waals surface area contributed by atoms with E-state index in [1.807, 2.05) is 13.8 Å². The number of nitrogens with zero attached hydrogens (tertiary/aromatic N) is 1. The lowest BCUT2D eigenvalue weighted by atomic mass is 9.97. The fourth-order valence-corrected chi connectivity index (χ4v) is 5.24. The number of carbonyl (C=O) groups excluding carboxylic acids is 1. The van der Waals surface area contributed by atoms with Gasteiger partial charge in [0, 0.05) is 25.0 Å². The third kappa shape index (κ3) is 4.23. The summed E-state index contributed by atoms with van der Waals surface area (Å²) in [6.07, 6.45) is 1.84. The molecule has 1 amide bonds. The lowest BCUT2D eigenvalue weighted by molar-refractivity contribution is -0.126. The minimum absolute atomic E-state index is 0.00262. The van der Waals surface area contributed by atoms with Crippen LogP contribution in [0.5, 0.6) is 0 Å². The van der Waals surface area contributed by atoms with Crippen molar-refractivity contribution in [1.82, 2.24) is 9.62 Å². The molecule has 2 rings (SSSR count). The van der Waals surface area contributed by atoms with E-state index in [2.05, 4.69) is 5.32 Å². The lowest BCUT2D eigenvalue weighted by Gasteiger charge is -2.31. The minimum Gasteiger partial charge on any atom is -0.353 e. The highest BCUT2D eigenvalue weighted by Crippen LogP contribution is 2.33. The van der Waals surface area contributed by atoms with Crippen LogP contribution in [0.25, 0.3) is 0 Å². The quantitative estimate of drug-likeness (QED) is 0.835. The topological polar surface area (TPSA) is 66.5 Å². The van der Waals surface area contributed by atoms with Gasteiger partial charge in [-0.3, -0.25) is 4.79 Å². The zero-order chi connectivity index (χ0) is 17.9. The highest BCUT2D eigenvalue weighted by molar-refractivity contribution is 7.89. The Kier molecular flexibility index (Phi) is 6.53. The Morgan fingerprint density at radius 1 is 1.29 bits per heavy atom. The molecule has 5 nitrogen and oxygen atoms in total. The summed E-state index contributed by atoms with van der Waals surface area (Å²) in [6.45, 7) is 4.52. The van der Waals surface area contributed by atoms with E-state index in [0.717, 1.165) is 6.42 Å². The standard InChI is InChI=1S/C16H22Cl2N2O3S/c1-3-11(2)19-16(21)12-7-9-20(10-8-12)24(22,23)15-13(17)5-4-6-14(15)18/h4-6,11-12H,3,7-10H2,1-2H3,(H,19,21)/t11-/m0/s1. The zero-order valence-corrected chi connectivity index (χ0v) is 16.1. The third-order valence-corrected chi connectivity index (χ3v) is 7.20. The second-order valence-electron chi connectivity index (χ2n) is 6.05. The van der Waals surface area contributed by atoms with Crippen molar-refractivity contribution in [3.05, 3.63) is 28.2 Å². The molecule has 24 heavy (non-hydrogen) atoms. The van der Waals surface area contributed by atoms with Gasteiger partial charge in [-0.15, -0.1) is 0 Å². The molecular weight excluding hydrogens is 371 g/mol. The Morgan fingerprint density at radius 2 is 1.83 bits per heavy atom. The van der Waals surface area contributed by atoms with E-state index in [0.29, 0.717) is 12.8 Å². The second-order valence-corrected chi connectivity index (χ2v) is 8.74. The van der Waals surface area contributed by atoms with E-state index < -0.39 is 10.0 Å². The van der Waals surface area contributed by atoms with Crippen LogP contribution in [-0.4, -0.2) is 37.8 Å². The van der Waals surface area contributed by atoms with Gasteiger partial charge in [-0.05, 0) is 38.3 Å². The van der Waals surface area contributed by atoms with E-state index in [1.165, 1.54) is 16.4 Å². The molecular formula is C16H22Cl2N2O3S. The number of halogens is 2. The third-order valence-electron chi connectivity index (χ3n) is 4.34. The molecule has 1 N–H and O–H groups in total. The van der Waals surface area contributed by atoms with Gasteiger partial charge in [0.25, 0.3) is 0 Å². The molecule has 1 atom stereocenters. The van der Waals surface area contributed by atoms with E-state index in [-0.39, 0.29) is 45.9 Å². The number of amides is 1. The van der Waals surface area contributed by atoms with E-state index in [4.69, 9.17) is 23.2 Å². The molecule has 1 aliphatic heterocycles. The highest BCUT2D eigenvalue weighted by atomic mass is 35.5. The summed E-state index contributed by atoms with van der Waals surface area (Å²) in [5.74, 6) is -0.163. The van der Waals surface area contributed by atoms with Crippen LogP contribution in [0.1, 0.15) is 33.1 Å². The van der Waals surface area contributed by atoms with Gasteiger partial charge < -0.3 is 5.32 Å². The lowest BCUT2D eigenvalue weighted by Crippen LogP contribution is -2.44. The predicted molar refractivity (Wildman–Crippen MR) is 95.8 cm³/mol. The zero-order valence-electron chi connectivity index (χ0n) is 13.8. The number of piperidine rings is 1. The maximum Gasteiger partial charge on any atom is 0.246 e. The minimum atomic E-state index is -3.76. The number of hydrogen-bond donors (Lipinski definition) is 1. The average Bonchev–Trinajstić information content (AvgIpc) is 2.54. The summed E-state index contributed by atoms with van der Waals surface area (Å²) in [7, 11) is -3.76. The number of hydrogen-bond acceptors (Lipinski definition) is 3. The first-order valence-corrected chi connectivity index (χ1v) is 10.2. The molecule has 0 bridgehead atoms. The maximum absolute atomic E-state index is 12.8. The SMILES string of the molecule is CC[C@H](C)NC(=O)C1CCN(S(=O)(=O)c2c(Cl)cccc2Cl)CC1. The summed E-state index contributed by atoms with van der Waals surface area (Å²) in [4.78, 5) is 12.1. The van der Waals surface area contributed by atoms with Crippen molar-refractivity contribution in [3.63, 3.8) is 0 Å². The first-order chi connectivity index (χ1) is 11.3. The Hall–Kier alpha value is -0.820. The van der Waals surface area contributed by atoms with Crippen molar-refractivity contribution in [2.45, 2.75) is 44.0 Å². The molecule has 1 aliphatic rings. The number of carbonyl (C=O) groups is 1. The Bertz CT molecular complexity index is 681.